The molecule has 94 valence electrons. The van der Waals surface area contributed by atoms with Crippen LogP contribution in [-0.2, 0) is 0 Å². The molecule has 0 bridgehead atoms. The lowest BCUT2D eigenvalue weighted by Crippen LogP contribution is -2.10. The van der Waals surface area contributed by atoms with Crippen LogP contribution in [0, 0.1) is 0 Å². The van der Waals surface area contributed by atoms with Gasteiger partial charge in [0.15, 0.2) is 0 Å². The number of nitrogens with one attached hydrogen (secondary N) is 1. The highest BCUT2D eigenvalue weighted by Gasteiger charge is 2.16. The van der Waals surface area contributed by atoms with Crippen LogP contribution >= 0.6 is 27.3 Å². The van der Waals surface area contributed by atoms with Crippen molar-refractivity contribution in [3.05, 3.63) is 63.9 Å². The summed E-state index contributed by atoms with van der Waals surface area (Å²) in [4.78, 5) is 13.0. The van der Waals surface area contributed by atoms with E-state index in [2.05, 4.69) is 21.2 Å². The van der Waals surface area contributed by atoms with Crippen molar-refractivity contribution in [2.24, 2.45) is 0 Å². The number of carbonyl (C=O) groups is 1. The first-order valence-electron chi connectivity index (χ1n) is 5.79. The van der Waals surface area contributed by atoms with Crippen LogP contribution in [-0.4, -0.2) is 5.91 Å². The third-order valence-corrected chi connectivity index (χ3v) is 5.03. The van der Waals surface area contributed by atoms with Gasteiger partial charge in [-0.05, 0) is 34.1 Å². The van der Waals surface area contributed by atoms with E-state index in [-0.39, 0.29) is 5.91 Å². The fraction of sp³-hybridized carbons (Fsp3) is 0. The lowest BCUT2D eigenvalue weighted by Gasteiger charge is -2.03. The van der Waals surface area contributed by atoms with E-state index in [1.807, 2.05) is 54.6 Å². The molecule has 0 saturated carbocycles. The summed E-state index contributed by atoms with van der Waals surface area (Å²) in [6.07, 6.45) is 0. The smallest absolute Gasteiger partial charge is 0.266 e. The topological polar surface area (TPSA) is 29.1 Å². The monoisotopic (exact) mass is 331 g/mol. The second-order valence-corrected chi connectivity index (χ2v) is 5.91. The van der Waals surface area contributed by atoms with Gasteiger partial charge in [0.1, 0.15) is 4.88 Å². The summed E-state index contributed by atoms with van der Waals surface area (Å²) in [5.74, 6) is -0.0840. The Morgan fingerprint density at radius 1 is 1.00 bits per heavy atom. The van der Waals surface area contributed by atoms with Crippen molar-refractivity contribution in [2.75, 3.05) is 5.32 Å². The van der Waals surface area contributed by atoms with Crippen LogP contribution in [0.3, 0.4) is 0 Å². The maximum Gasteiger partial charge on any atom is 0.266 e. The molecule has 0 unspecified atom stereocenters. The summed E-state index contributed by atoms with van der Waals surface area (Å²) in [6.45, 7) is 0. The van der Waals surface area contributed by atoms with E-state index in [1.165, 1.54) is 11.3 Å². The minimum absolute atomic E-state index is 0.0840. The maximum absolute atomic E-state index is 12.3. The van der Waals surface area contributed by atoms with Crippen molar-refractivity contribution in [3.8, 4) is 0 Å². The molecule has 1 N–H and O–H groups in total. The number of thiophene rings is 1. The zero-order valence-electron chi connectivity index (χ0n) is 9.89. The molecule has 1 aromatic heterocycles. The number of benzene rings is 2. The van der Waals surface area contributed by atoms with Gasteiger partial charge in [0, 0.05) is 20.2 Å². The van der Waals surface area contributed by atoms with Crippen molar-refractivity contribution in [2.45, 2.75) is 0 Å². The molecule has 0 saturated heterocycles. The van der Waals surface area contributed by atoms with E-state index in [9.17, 15) is 4.79 Å². The van der Waals surface area contributed by atoms with Gasteiger partial charge in [-0.1, -0.05) is 36.4 Å². The lowest BCUT2D eigenvalue weighted by molar-refractivity contribution is 0.103. The van der Waals surface area contributed by atoms with Gasteiger partial charge in [0.2, 0.25) is 0 Å². The molecule has 0 aliphatic heterocycles. The number of halogens is 1. The Labute approximate surface area is 123 Å². The van der Waals surface area contributed by atoms with Crippen molar-refractivity contribution in [3.63, 3.8) is 0 Å². The molecule has 1 heterocycles. The number of hydrogen-bond donors (Lipinski definition) is 1. The van der Waals surface area contributed by atoms with Gasteiger partial charge in [-0.3, -0.25) is 4.79 Å². The Kier molecular flexibility index (Phi) is 3.36. The zero-order valence-corrected chi connectivity index (χ0v) is 12.3. The number of amides is 1. The summed E-state index contributed by atoms with van der Waals surface area (Å²) < 4.78 is 1.97. The summed E-state index contributed by atoms with van der Waals surface area (Å²) in [5.41, 5.74) is 0.803. The molecular weight excluding hydrogens is 322 g/mol. The van der Waals surface area contributed by atoms with Crippen LogP contribution in [0.15, 0.2) is 59.1 Å². The fourth-order valence-corrected chi connectivity index (χ4v) is 3.76. The first kappa shape index (κ1) is 12.4. The quantitative estimate of drug-likeness (QED) is 0.709. The number of carbonyl (C=O) groups excluding carboxylic acids is 1. The Balaban J connectivity index is 1.96. The average Bonchev–Trinajstić information content (AvgIpc) is 2.78. The van der Waals surface area contributed by atoms with Crippen LogP contribution in [0.4, 0.5) is 5.69 Å². The minimum atomic E-state index is -0.0840. The highest BCUT2D eigenvalue weighted by atomic mass is 79.9. The van der Waals surface area contributed by atoms with Crippen LogP contribution in [0.1, 0.15) is 9.67 Å². The zero-order chi connectivity index (χ0) is 13.2. The van der Waals surface area contributed by atoms with E-state index in [0.29, 0.717) is 4.88 Å². The Morgan fingerprint density at radius 2 is 1.68 bits per heavy atom. The van der Waals surface area contributed by atoms with Crippen molar-refractivity contribution in [1.82, 2.24) is 0 Å². The molecule has 3 aromatic rings. The Hall–Kier alpha value is -1.65. The molecule has 4 heteroatoms. The number of anilines is 1. The van der Waals surface area contributed by atoms with E-state index in [0.717, 1.165) is 20.2 Å². The number of rotatable bonds is 2. The first-order valence-corrected chi connectivity index (χ1v) is 7.40. The van der Waals surface area contributed by atoms with Gasteiger partial charge in [-0.2, -0.15) is 0 Å². The molecule has 1 amide bonds. The third-order valence-electron chi connectivity index (χ3n) is 2.77. The van der Waals surface area contributed by atoms with E-state index < -0.39 is 0 Å². The second-order valence-electron chi connectivity index (χ2n) is 4.06. The fourth-order valence-electron chi connectivity index (χ4n) is 1.87. The molecular formula is C15H10BrNOS. The standard InChI is InChI=1S/C15H10BrNOS/c16-13-11-8-4-5-9-12(11)19-14(13)15(18)17-10-6-2-1-3-7-10/h1-9H,(H,17,18). The summed E-state index contributed by atoms with van der Waals surface area (Å²) in [6, 6.07) is 17.4. The number of para-hydroxylation sites is 1. The Morgan fingerprint density at radius 3 is 2.42 bits per heavy atom. The molecule has 19 heavy (non-hydrogen) atoms. The second kappa shape index (κ2) is 5.15. The first-order chi connectivity index (χ1) is 9.25. The van der Waals surface area contributed by atoms with Crippen molar-refractivity contribution >= 4 is 48.9 Å². The third kappa shape index (κ3) is 2.41. The molecule has 0 radical (unpaired) electrons. The predicted octanol–water partition coefficient (Wildman–Crippen LogP) is 4.92. The van der Waals surface area contributed by atoms with Gasteiger partial charge in [0.25, 0.3) is 5.91 Å². The van der Waals surface area contributed by atoms with Gasteiger partial charge < -0.3 is 5.32 Å². The van der Waals surface area contributed by atoms with Crippen molar-refractivity contribution < 1.29 is 4.79 Å². The normalized spacial score (nSPS) is 10.6. The largest absolute Gasteiger partial charge is 0.321 e. The molecule has 0 spiro atoms. The number of hydrogen-bond acceptors (Lipinski definition) is 2. The van der Waals surface area contributed by atoms with Gasteiger partial charge in [-0.15, -0.1) is 11.3 Å². The highest BCUT2D eigenvalue weighted by Crippen LogP contribution is 2.35. The van der Waals surface area contributed by atoms with Crippen LogP contribution in [0.25, 0.3) is 10.1 Å². The number of fused-ring (bicyclic) bond motifs is 1. The van der Waals surface area contributed by atoms with Gasteiger partial charge >= 0.3 is 0 Å². The van der Waals surface area contributed by atoms with Crippen molar-refractivity contribution in [1.29, 1.82) is 0 Å². The Bertz CT molecular complexity index is 736. The minimum Gasteiger partial charge on any atom is -0.321 e. The maximum atomic E-state index is 12.3. The lowest BCUT2D eigenvalue weighted by atomic mass is 10.2. The molecule has 0 atom stereocenters. The molecule has 0 aliphatic rings. The van der Waals surface area contributed by atoms with E-state index >= 15 is 0 Å². The van der Waals surface area contributed by atoms with Crippen LogP contribution in [0.5, 0.6) is 0 Å². The van der Waals surface area contributed by atoms with Crippen LogP contribution < -0.4 is 5.32 Å². The van der Waals surface area contributed by atoms with Gasteiger partial charge in [0.05, 0.1) is 0 Å². The highest BCUT2D eigenvalue weighted by molar-refractivity contribution is 9.10. The molecule has 3 rings (SSSR count). The summed E-state index contributed by atoms with van der Waals surface area (Å²) in [5, 5.41) is 3.98. The molecule has 2 aromatic carbocycles. The summed E-state index contributed by atoms with van der Waals surface area (Å²) in [7, 11) is 0. The van der Waals surface area contributed by atoms with Crippen LogP contribution in [0.2, 0.25) is 0 Å². The van der Waals surface area contributed by atoms with E-state index in [1.54, 1.807) is 0 Å². The molecule has 0 fully saturated rings. The molecule has 0 aliphatic carbocycles. The summed E-state index contributed by atoms with van der Waals surface area (Å²) >= 11 is 5.01. The van der Waals surface area contributed by atoms with E-state index in [4.69, 9.17) is 0 Å². The van der Waals surface area contributed by atoms with Gasteiger partial charge in [-0.25, -0.2) is 0 Å². The SMILES string of the molecule is O=C(Nc1ccccc1)c1sc2ccccc2c1Br. The average molecular weight is 332 g/mol. The molecule has 2 nitrogen and oxygen atoms in total. The predicted molar refractivity (Wildman–Crippen MR) is 83.9 cm³/mol.